The van der Waals surface area contributed by atoms with E-state index in [1.54, 1.807) is 22.6 Å². The summed E-state index contributed by atoms with van der Waals surface area (Å²) in [5.74, 6) is 0. The van der Waals surface area contributed by atoms with Crippen molar-refractivity contribution in [3.8, 4) is 0 Å². The first-order valence-corrected chi connectivity index (χ1v) is 5.21. The highest BCUT2D eigenvalue weighted by Gasteiger charge is 2.05. The van der Waals surface area contributed by atoms with Crippen LogP contribution in [0.5, 0.6) is 0 Å². The zero-order chi connectivity index (χ0) is 9.97. The van der Waals surface area contributed by atoms with Crippen LogP contribution in [0.3, 0.4) is 0 Å². The van der Waals surface area contributed by atoms with E-state index in [1.165, 1.54) is 4.70 Å². The van der Waals surface area contributed by atoms with Gasteiger partial charge < -0.3 is 0 Å². The standard InChI is InChI=1S/C10H11N3S/c1-3-11-13(2)10-12-8-6-4-5-7-9(8)14-10/h3-7H,1-2H3/b11-3+. The molecule has 0 aliphatic rings. The zero-order valence-electron chi connectivity index (χ0n) is 8.14. The molecule has 1 heterocycles. The van der Waals surface area contributed by atoms with Crippen molar-refractivity contribution < 1.29 is 0 Å². The highest BCUT2D eigenvalue weighted by Crippen LogP contribution is 2.27. The Morgan fingerprint density at radius 2 is 2.21 bits per heavy atom. The highest BCUT2D eigenvalue weighted by molar-refractivity contribution is 7.22. The maximum atomic E-state index is 4.46. The number of hydrogen-bond donors (Lipinski definition) is 0. The number of benzene rings is 1. The van der Waals surface area contributed by atoms with Crippen molar-refractivity contribution in [2.45, 2.75) is 6.92 Å². The van der Waals surface area contributed by atoms with Crippen LogP contribution in [-0.4, -0.2) is 18.2 Å². The predicted octanol–water partition coefficient (Wildman–Crippen LogP) is 2.74. The van der Waals surface area contributed by atoms with Crippen molar-refractivity contribution in [3.63, 3.8) is 0 Å². The molecule has 4 heteroatoms. The van der Waals surface area contributed by atoms with Crippen LogP contribution in [0, 0.1) is 0 Å². The maximum Gasteiger partial charge on any atom is 0.206 e. The molecule has 0 atom stereocenters. The topological polar surface area (TPSA) is 28.5 Å². The quantitative estimate of drug-likeness (QED) is 0.557. The lowest BCUT2D eigenvalue weighted by Crippen LogP contribution is -2.07. The van der Waals surface area contributed by atoms with E-state index in [0.717, 1.165) is 10.6 Å². The van der Waals surface area contributed by atoms with Crippen LogP contribution in [0.25, 0.3) is 10.2 Å². The molecule has 0 N–H and O–H groups in total. The van der Waals surface area contributed by atoms with Gasteiger partial charge in [0.1, 0.15) is 0 Å². The first-order valence-electron chi connectivity index (χ1n) is 4.39. The number of nitrogens with zero attached hydrogens (tertiary/aromatic N) is 3. The van der Waals surface area contributed by atoms with Gasteiger partial charge in [0.2, 0.25) is 5.13 Å². The highest BCUT2D eigenvalue weighted by atomic mass is 32.1. The second-order valence-corrected chi connectivity index (χ2v) is 3.87. The Kier molecular flexibility index (Phi) is 2.45. The third-order valence-corrected chi connectivity index (χ3v) is 2.95. The molecule has 2 aromatic rings. The van der Waals surface area contributed by atoms with Crippen molar-refractivity contribution in [1.29, 1.82) is 0 Å². The van der Waals surface area contributed by atoms with Gasteiger partial charge in [-0.2, -0.15) is 5.10 Å². The summed E-state index contributed by atoms with van der Waals surface area (Å²) in [5, 5.41) is 6.85. The lowest BCUT2D eigenvalue weighted by Gasteiger charge is -2.05. The summed E-state index contributed by atoms with van der Waals surface area (Å²) < 4.78 is 1.20. The number of anilines is 1. The maximum absolute atomic E-state index is 4.46. The number of aromatic nitrogens is 1. The van der Waals surface area contributed by atoms with Crippen LogP contribution in [-0.2, 0) is 0 Å². The van der Waals surface area contributed by atoms with Crippen LogP contribution >= 0.6 is 11.3 Å². The Morgan fingerprint density at radius 3 is 2.93 bits per heavy atom. The molecule has 0 saturated carbocycles. The molecule has 1 aromatic heterocycles. The van der Waals surface area contributed by atoms with Gasteiger partial charge in [-0.3, -0.25) is 0 Å². The average Bonchev–Trinajstić information content (AvgIpc) is 2.61. The SMILES string of the molecule is C/C=N/N(C)c1nc2ccccc2s1. The van der Waals surface area contributed by atoms with Crippen molar-refractivity contribution in [2.24, 2.45) is 5.10 Å². The van der Waals surface area contributed by atoms with Gasteiger partial charge in [-0.15, -0.1) is 0 Å². The summed E-state index contributed by atoms with van der Waals surface area (Å²) in [6, 6.07) is 8.10. The largest absolute Gasteiger partial charge is 0.243 e. The summed E-state index contributed by atoms with van der Waals surface area (Å²) in [7, 11) is 1.90. The van der Waals surface area contributed by atoms with Crippen molar-refractivity contribution in [2.75, 3.05) is 12.1 Å². The normalized spacial score (nSPS) is 11.3. The number of fused-ring (bicyclic) bond motifs is 1. The Labute approximate surface area is 86.7 Å². The smallest absolute Gasteiger partial charge is 0.206 e. The van der Waals surface area contributed by atoms with E-state index in [2.05, 4.69) is 16.2 Å². The Bertz CT molecular complexity index is 428. The van der Waals surface area contributed by atoms with E-state index in [-0.39, 0.29) is 0 Å². The number of rotatable bonds is 2. The fourth-order valence-corrected chi connectivity index (χ4v) is 2.11. The molecule has 0 unspecified atom stereocenters. The van der Waals surface area contributed by atoms with Gasteiger partial charge in [-0.25, -0.2) is 9.99 Å². The summed E-state index contributed by atoms with van der Waals surface area (Å²) in [6.07, 6.45) is 1.76. The minimum Gasteiger partial charge on any atom is -0.243 e. The summed E-state index contributed by atoms with van der Waals surface area (Å²) in [5.41, 5.74) is 1.03. The van der Waals surface area contributed by atoms with Crippen LogP contribution in [0.15, 0.2) is 29.4 Å². The summed E-state index contributed by atoms with van der Waals surface area (Å²) >= 11 is 1.65. The Balaban J connectivity index is 2.44. The van der Waals surface area contributed by atoms with Crippen LogP contribution < -0.4 is 5.01 Å². The zero-order valence-corrected chi connectivity index (χ0v) is 8.95. The first kappa shape index (κ1) is 9.15. The van der Waals surface area contributed by atoms with Gasteiger partial charge in [-0.1, -0.05) is 23.5 Å². The second kappa shape index (κ2) is 3.75. The number of thiazole rings is 1. The van der Waals surface area contributed by atoms with E-state index in [4.69, 9.17) is 0 Å². The van der Waals surface area contributed by atoms with Gasteiger partial charge in [0.25, 0.3) is 0 Å². The average molecular weight is 205 g/mol. The molecule has 72 valence electrons. The number of hydrogen-bond acceptors (Lipinski definition) is 4. The summed E-state index contributed by atoms with van der Waals surface area (Å²) in [4.78, 5) is 4.46. The monoisotopic (exact) mass is 205 g/mol. The van der Waals surface area contributed by atoms with Gasteiger partial charge in [0.15, 0.2) is 0 Å². The van der Waals surface area contributed by atoms with Crippen LogP contribution in [0.4, 0.5) is 5.13 Å². The molecule has 0 saturated heterocycles. The molecular weight excluding hydrogens is 194 g/mol. The summed E-state index contributed by atoms with van der Waals surface area (Å²) in [6.45, 7) is 1.89. The minimum absolute atomic E-state index is 0.921. The second-order valence-electron chi connectivity index (χ2n) is 2.86. The Morgan fingerprint density at radius 1 is 1.43 bits per heavy atom. The third kappa shape index (κ3) is 1.61. The van der Waals surface area contributed by atoms with Gasteiger partial charge in [0, 0.05) is 13.3 Å². The van der Waals surface area contributed by atoms with E-state index in [0.29, 0.717) is 0 Å². The molecule has 3 nitrogen and oxygen atoms in total. The molecule has 0 amide bonds. The van der Waals surface area contributed by atoms with E-state index < -0.39 is 0 Å². The fraction of sp³-hybridized carbons (Fsp3) is 0.200. The Hall–Kier alpha value is -1.42. The van der Waals surface area contributed by atoms with Crippen molar-refractivity contribution >= 4 is 32.9 Å². The lowest BCUT2D eigenvalue weighted by atomic mass is 10.3. The molecule has 1 aromatic carbocycles. The van der Waals surface area contributed by atoms with E-state index >= 15 is 0 Å². The van der Waals surface area contributed by atoms with Crippen molar-refractivity contribution in [1.82, 2.24) is 4.98 Å². The number of para-hydroxylation sites is 1. The van der Waals surface area contributed by atoms with Gasteiger partial charge in [-0.05, 0) is 19.1 Å². The predicted molar refractivity (Wildman–Crippen MR) is 62.2 cm³/mol. The van der Waals surface area contributed by atoms with E-state index in [9.17, 15) is 0 Å². The van der Waals surface area contributed by atoms with E-state index in [1.807, 2.05) is 32.2 Å². The molecule has 0 bridgehead atoms. The molecule has 0 spiro atoms. The fourth-order valence-electron chi connectivity index (χ4n) is 1.22. The van der Waals surface area contributed by atoms with Crippen LogP contribution in [0.1, 0.15) is 6.92 Å². The molecule has 0 fully saturated rings. The van der Waals surface area contributed by atoms with Gasteiger partial charge in [0.05, 0.1) is 10.2 Å². The molecule has 0 aliphatic carbocycles. The molecule has 0 radical (unpaired) electrons. The number of hydrazone groups is 1. The first-order chi connectivity index (χ1) is 6.81. The molecular formula is C10H11N3S. The third-order valence-electron chi connectivity index (χ3n) is 1.85. The lowest BCUT2D eigenvalue weighted by molar-refractivity contribution is 1.01. The van der Waals surface area contributed by atoms with Crippen LogP contribution in [0.2, 0.25) is 0 Å². The van der Waals surface area contributed by atoms with Gasteiger partial charge >= 0.3 is 0 Å². The van der Waals surface area contributed by atoms with Crippen molar-refractivity contribution in [3.05, 3.63) is 24.3 Å². The molecule has 0 aliphatic heterocycles. The molecule has 14 heavy (non-hydrogen) atoms. The minimum atomic E-state index is 0.921. The molecule has 2 rings (SSSR count).